The number of para-hydroxylation sites is 1. The quantitative estimate of drug-likeness (QED) is 0.625. The van der Waals surface area contributed by atoms with Crippen LogP contribution in [0.15, 0.2) is 24.3 Å². The van der Waals surface area contributed by atoms with Crippen molar-refractivity contribution in [2.45, 2.75) is 6.42 Å². The predicted octanol–water partition coefficient (Wildman–Crippen LogP) is 1.55. The van der Waals surface area contributed by atoms with Crippen molar-refractivity contribution in [3.8, 4) is 6.07 Å². The zero-order valence-electron chi connectivity index (χ0n) is 5.91. The Labute approximate surface area is 64.9 Å². The minimum atomic E-state index is 0.309. The van der Waals surface area contributed by atoms with E-state index in [9.17, 15) is 0 Å². The number of nitrogens with one attached hydrogen (secondary N) is 1. The van der Waals surface area contributed by atoms with Crippen LogP contribution in [0, 0.1) is 11.3 Å². The number of benzene rings is 1. The van der Waals surface area contributed by atoms with E-state index in [1.54, 1.807) is 18.2 Å². The van der Waals surface area contributed by atoms with Crippen molar-refractivity contribution in [2.24, 2.45) is 0 Å². The molecule has 56 valence electrons. The molecule has 2 N–H and O–H groups in total. The van der Waals surface area contributed by atoms with E-state index < -0.39 is 0 Å². The zero-order valence-corrected chi connectivity index (χ0v) is 5.91. The summed E-state index contributed by atoms with van der Waals surface area (Å²) in [5.74, 6) is 0. The molecule has 3 nitrogen and oxygen atoms in total. The topological polar surface area (TPSA) is 56.0 Å². The molecule has 0 heterocycles. The summed E-state index contributed by atoms with van der Waals surface area (Å²) in [5, 5.41) is 17.0. The van der Waals surface area contributed by atoms with Crippen molar-refractivity contribution >= 4 is 5.69 Å². The molecule has 0 amide bonds. The molecule has 0 atom stereocenters. The van der Waals surface area contributed by atoms with Crippen molar-refractivity contribution in [3.63, 3.8) is 0 Å². The van der Waals surface area contributed by atoms with Crippen LogP contribution in [-0.4, -0.2) is 5.21 Å². The fourth-order valence-corrected chi connectivity index (χ4v) is 0.869. The van der Waals surface area contributed by atoms with Crippen LogP contribution in [0.4, 0.5) is 5.69 Å². The third kappa shape index (κ3) is 1.69. The van der Waals surface area contributed by atoms with Gasteiger partial charge in [-0.1, -0.05) is 18.2 Å². The highest BCUT2D eigenvalue weighted by atomic mass is 16.5. The lowest BCUT2D eigenvalue weighted by atomic mass is 10.1. The highest BCUT2D eigenvalue weighted by Crippen LogP contribution is 2.13. The van der Waals surface area contributed by atoms with Gasteiger partial charge in [0.2, 0.25) is 0 Å². The van der Waals surface area contributed by atoms with Crippen LogP contribution in [-0.2, 0) is 6.42 Å². The summed E-state index contributed by atoms with van der Waals surface area (Å²) in [5.41, 5.74) is 3.42. The molecule has 11 heavy (non-hydrogen) atoms. The van der Waals surface area contributed by atoms with Gasteiger partial charge in [0.05, 0.1) is 18.2 Å². The molecule has 0 bridgehead atoms. The lowest BCUT2D eigenvalue weighted by Crippen LogP contribution is -1.94. The molecule has 0 aliphatic carbocycles. The average Bonchev–Trinajstić information content (AvgIpc) is 2.06. The molecule has 1 aromatic carbocycles. The highest BCUT2D eigenvalue weighted by molar-refractivity contribution is 5.50. The molecular formula is C8H8N2O. The minimum Gasteiger partial charge on any atom is -0.291 e. The van der Waals surface area contributed by atoms with Crippen molar-refractivity contribution < 1.29 is 5.21 Å². The Bertz CT molecular complexity index is 278. The predicted molar refractivity (Wildman–Crippen MR) is 41.2 cm³/mol. The third-order valence-electron chi connectivity index (χ3n) is 1.41. The second-order valence-electron chi connectivity index (χ2n) is 2.10. The Morgan fingerprint density at radius 2 is 2.18 bits per heavy atom. The van der Waals surface area contributed by atoms with Gasteiger partial charge in [0.15, 0.2) is 0 Å². The second kappa shape index (κ2) is 3.59. The molecule has 0 saturated carbocycles. The number of nitriles is 1. The molecule has 1 rings (SSSR count). The number of anilines is 1. The largest absolute Gasteiger partial charge is 0.291 e. The molecule has 0 spiro atoms. The highest BCUT2D eigenvalue weighted by Gasteiger charge is 1.97. The second-order valence-corrected chi connectivity index (χ2v) is 2.10. The molecule has 0 aromatic heterocycles. The maximum Gasteiger partial charge on any atom is 0.0670 e. The lowest BCUT2D eigenvalue weighted by molar-refractivity contribution is 0.388. The van der Waals surface area contributed by atoms with Crippen LogP contribution >= 0.6 is 0 Å². The third-order valence-corrected chi connectivity index (χ3v) is 1.41. The molecular weight excluding hydrogens is 140 g/mol. The molecule has 0 saturated heterocycles. The van der Waals surface area contributed by atoms with Gasteiger partial charge < -0.3 is 0 Å². The van der Waals surface area contributed by atoms with Crippen molar-refractivity contribution in [2.75, 3.05) is 5.48 Å². The Kier molecular flexibility index (Phi) is 2.47. The summed E-state index contributed by atoms with van der Waals surface area (Å²) in [6.07, 6.45) is 0.309. The van der Waals surface area contributed by atoms with Gasteiger partial charge in [0, 0.05) is 0 Å². The van der Waals surface area contributed by atoms with Gasteiger partial charge in [-0.15, -0.1) is 0 Å². The Hall–Kier alpha value is -1.53. The summed E-state index contributed by atoms with van der Waals surface area (Å²) < 4.78 is 0. The van der Waals surface area contributed by atoms with Gasteiger partial charge in [-0.05, 0) is 11.6 Å². The Morgan fingerprint density at radius 3 is 2.82 bits per heavy atom. The van der Waals surface area contributed by atoms with Crippen molar-refractivity contribution in [1.82, 2.24) is 0 Å². The van der Waals surface area contributed by atoms with E-state index in [1.807, 2.05) is 17.6 Å². The van der Waals surface area contributed by atoms with Crippen LogP contribution in [0.2, 0.25) is 0 Å². The molecule has 1 aromatic rings. The summed E-state index contributed by atoms with van der Waals surface area (Å²) in [7, 11) is 0. The van der Waals surface area contributed by atoms with E-state index >= 15 is 0 Å². The Morgan fingerprint density at radius 1 is 1.45 bits per heavy atom. The van der Waals surface area contributed by atoms with Gasteiger partial charge in [0.25, 0.3) is 0 Å². The first-order valence-electron chi connectivity index (χ1n) is 3.23. The number of hydrogen-bond donors (Lipinski definition) is 2. The molecule has 0 aliphatic heterocycles. The summed E-state index contributed by atoms with van der Waals surface area (Å²) in [6, 6.07) is 9.13. The SMILES string of the molecule is N#CCc1ccccc1NO. The van der Waals surface area contributed by atoms with E-state index in [0.717, 1.165) is 5.56 Å². The van der Waals surface area contributed by atoms with Gasteiger partial charge >= 0.3 is 0 Å². The first-order chi connectivity index (χ1) is 5.38. The molecule has 0 aliphatic rings. The fraction of sp³-hybridized carbons (Fsp3) is 0.125. The van der Waals surface area contributed by atoms with Crippen LogP contribution in [0.5, 0.6) is 0 Å². The van der Waals surface area contributed by atoms with E-state index in [1.165, 1.54) is 0 Å². The first-order valence-corrected chi connectivity index (χ1v) is 3.23. The fourth-order valence-electron chi connectivity index (χ4n) is 0.869. The molecule has 0 radical (unpaired) electrons. The minimum absolute atomic E-state index is 0.309. The molecule has 0 fully saturated rings. The van der Waals surface area contributed by atoms with E-state index in [2.05, 4.69) is 0 Å². The summed E-state index contributed by atoms with van der Waals surface area (Å²) in [4.78, 5) is 0. The van der Waals surface area contributed by atoms with E-state index in [0.29, 0.717) is 12.1 Å². The van der Waals surface area contributed by atoms with Crippen molar-refractivity contribution in [3.05, 3.63) is 29.8 Å². The van der Waals surface area contributed by atoms with Crippen LogP contribution < -0.4 is 5.48 Å². The monoisotopic (exact) mass is 148 g/mol. The van der Waals surface area contributed by atoms with E-state index in [-0.39, 0.29) is 0 Å². The standard InChI is InChI=1S/C8H8N2O/c9-6-5-7-3-1-2-4-8(7)10-11/h1-4,10-11H,5H2. The first kappa shape index (κ1) is 7.58. The van der Waals surface area contributed by atoms with E-state index in [4.69, 9.17) is 10.5 Å². The summed E-state index contributed by atoms with van der Waals surface area (Å²) >= 11 is 0. The maximum absolute atomic E-state index is 8.59. The summed E-state index contributed by atoms with van der Waals surface area (Å²) in [6.45, 7) is 0. The lowest BCUT2D eigenvalue weighted by Gasteiger charge is -2.02. The number of nitrogens with zero attached hydrogens (tertiary/aromatic N) is 1. The van der Waals surface area contributed by atoms with Gasteiger partial charge in [-0.3, -0.25) is 10.7 Å². The molecule has 3 heteroatoms. The van der Waals surface area contributed by atoms with Gasteiger partial charge in [-0.2, -0.15) is 5.26 Å². The van der Waals surface area contributed by atoms with Gasteiger partial charge in [-0.25, -0.2) is 0 Å². The maximum atomic E-state index is 8.59. The average molecular weight is 148 g/mol. The van der Waals surface area contributed by atoms with Gasteiger partial charge in [0.1, 0.15) is 0 Å². The van der Waals surface area contributed by atoms with Crippen LogP contribution in [0.3, 0.4) is 0 Å². The van der Waals surface area contributed by atoms with Crippen LogP contribution in [0.25, 0.3) is 0 Å². The number of hydrogen-bond acceptors (Lipinski definition) is 3. The Balaban J connectivity index is 2.94. The smallest absolute Gasteiger partial charge is 0.0670 e. The normalized spacial score (nSPS) is 8.73. The van der Waals surface area contributed by atoms with Crippen LogP contribution in [0.1, 0.15) is 5.56 Å². The molecule has 0 unspecified atom stereocenters. The number of rotatable bonds is 2. The zero-order chi connectivity index (χ0) is 8.10. The van der Waals surface area contributed by atoms with Crippen molar-refractivity contribution in [1.29, 1.82) is 5.26 Å².